The molecular weight excluding hydrogens is 507 g/mol. The number of aliphatic hydroxyl groups excluding tert-OH is 2. The topological polar surface area (TPSA) is 78.7 Å². The molecule has 7 atom stereocenters. The first-order valence-electron chi connectivity index (χ1n) is 13.6. The van der Waals surface area contributed by atoms with Gasteiger partial charge in [-0.3, -0.25) is 0 Å². The maximum atomic E-state index is 14.9. The van der Waals surface area contributed by atoms with Crippen molar-refractivity contribution in [3.63, 3.8) is 0 Å². The van der Waals surface area contributed by atoms with Crippen LogP contribution in [0.5, 0.6) is 0 Å². The van der Waals surface area contributed by atoms with Crippen LogP contribution in [-0.4, -0.2) is 75.0 Å². The number of likely N-dealkylation sites (N-methyl/N-ethyl adjacent to an activating group) is 1. The first-order chi connectivity index (χ1) is 18.4. The molecule has 1 saturated carbocycles. The van der Waals surface area contributed by atoms with Gasteiger partial charge in [0.2, 0.25) is 0 Å². The van der Waals surface area contributed by atoms with E-state index < -0.39 is 40.6 Å². The molecule has 2 aliphatic heterocycles. The van der Waals surface area contributed by atoms with Crippen molar-refractivity contribution in [2.24, 2.45) is 11.3 Å². The Morgan fingerprint density at radius 1 is 1.08 bits per heavy atom. The molecule has 1 aromatic heterocycles. The molecule has 5 aliphatic rings. The number of fused-ring (bicyclic) bond motifs is 2. The summed E-state index contributed by atoms with van der Waals surface area (Å²) in [5, 5.41) is 31.8. The van der Waals surface area contributed by atoms with Gasteiger partial charge in [0.1, 0.15) is 6.10 Å². The molecule has 1 unspecified atom stereocenters. The predicted octanol–water partition coefficient (Wildman–Crippen LogP) is 4.59. The van der Waals surface area contributed by atoms with Crippen molar-refractivity contribution in [2.75, 3.05) is 14.1 Å². The molecule has 2 fully saturated rings. The fourth-order valence-corrected chi connectivity index (χ4v) is 8.54. The Hall–Kier alpha value is -2.59. The molecule has 7 rings (SSSR count). The first-order valence-corrected chi connectivity index (χ1v) is 13.6. The van der Waals surface area contributed by atoms with Gasteiger partial charge in [-0.1, -0.05) is 31.2 Å². The maximum Gasteiger partial charge on any atom is 0.413 e. The Bertz CT molecular complexity index is 1480. The molecule has 2 spiro atoms. The van der Waals surface area contributed by atoms with E-state index in [-0.39, 0.29) is 24.0 Å². The lowest BCUT2D eigenvalue weighted by molar-refractivity contribution is -0.170. The van der Waals surface area contributed by atoms with Crippen LogP contribution in [-0.2, 0) is 4.74 Å². The highest BCUT2D eigenvalue weighted by molar-refractivity contribution is 5.86. The predicted molar refractivity (Wildman–Crippen MR) is 139 cm³/mol. The van der Waals surface area contributed by atoms with Gasteiger partial charge >= 0.3 is 6.18 Å². The quantitative estimate of drug-likeness (QED) is 0.582. The van der Waals surface area contributed by atoms with E-state index in [1.807, 2.05) is 44.1 Å². The van der Waals surface area contributed by atoms with Gasteiger partial charge in [-0.05, 0) is 74.5 Å². The second kappa shape index (κ2) is 8.00. The lowest BCUT2D eigenvalue weighted by Crippen LogP contribution is -2.62. The lowest BCUT2D eigenvalue weighted by atomic mass is 9.56. The molecular formula is C30H32F3N3O3. The zero-order valence-corrected chi connectivity index (χ0v) is 22.2. The van der Waals surface area contributed by atoms with Crippen LogP contribution in [0.25, 0.3) is 16.3 Å². The highest BCUT2D eigenvalue weighted by atomic mass is 19.4. The minimum absolute atomic E-state index is 0.151. The average Bonchev–Trinajstić information content (AvgIpc) is 3.40. The van der Waals surface area contributed by atoms with E-state index >= 15 is 0 Å². The number of halogens is 3. The number of aromatic nitrogens is 2. The second-order valence-electron chi connectivity index (χ2n) is 12.5. The van der Waals surface area contributed by atoms with Gasteiger partial charge in [-0.15, -0.1) is 0 Å². The van der Waals surface area contributed by atoms with Gasteiger partial charge in [0, 0.05) is 33.7 Å². The highest BCUT2D eigenvalue weighted by Crippen LogP contribution is 2.70. The van der Waals surface area contributed by atoms with Crippen LogP contribution in [0, 0.1) is 11.3 Å². The summed E-state index contributed by atoms with van der Waals surface area (Å²) in [7, 11) is 3.68. The molecule has 2 bridgehead atoms. The third-order valence-electron chi connectivity index (χ3n) is 10.4. The number of rotatable bonds is 2. The Labute approximate surface area is 224 Å². The third-order valence-corrected chi connectivity index (χ3v) is 10.4. The molecule has 2 N–H and O–H groups in total. The molecule has 1 saturated heterocycles. The van der Waals surface area contributed by atoms with Crippen LogP contribution in [0.3, 0.4) is 0 Å². The van der Waals surface area contributed by atoms with Crippen LogP contribution in [0.1, 0.15) is 44.6 Å². The highest BCUT2D eigenvalue weighted by Gasteiger charge is 2.69. The van der Waals surface area contributed by atoms with Gasteiger partial charge in [0.15, 0.2) is 0 Å². The standard InChI is InChI=1S/C30H32F3N3O3/c1-27-12-22(30(31,32)33)20-11-21-25(37)26(38)23(36(2)3)13-28(21)8-9-29(20,39-28)24(27)7-6-19(27)16-4-5-17-14-34-35-15-18(17)10-16/h4-6,10-11,14-15,23-26,37-38H,7-9,12-13H2,1-3H3/t23-,24?,25+,26+,27+,28+,29+/m0/s1. The summed E-state index contributed by atoms with van der Waals surface area (Å²) >= 11 is 0. The van der Waals surface area contributed by atoms with Crippen LogP contribution in [0.4, 0.5) is 13.2 Å². The largest absolute Gasteiger partial charge is 0.413 e. The van der Waals surface area contributed by atoms with Crippen molar-refractivity contribution in [1.82, 2.24) is 15.1 Å². The summed E-state index contributed by atoms with van der Waals surface area (Å²) in [4.78, 5) is 1.87. The summed E-state index contributed by atoms with van der Waals surface area (Å²) in [5.41, 5.74) is -1.04. The Morgan fingerprint density at radius 3 is 2.54 bits per heavy atom. The Kier molecular flexibility index (Phi) is 5.20. The summed E-state index contributed by atoms with van der Waals surface area (Å²) in [6, 6.07) is 5.53. The smallest absolute Gasteiger partial charge is 0.388 e. The fourth-order valence-electron chi connectivity index (χ4n) is 8.54. The van der Waals surface area contributed by atoms with Gasteiger partial charge < -0.3 is 19.8 Å². The van der Waals surface area contributed by atoms with Crippen molar-refractivity contribution in [3.05, 3.63) is 65.0 Å². The van der Waals surface area contributed by atoms with Crippen molar-refractivity contribution in [2.45, 2.75) is 74.7 Å². The van der Waals surface area contributed by atoms with E-state index in [1.165, 1.54) is 0 Å². The first kappa shape index (κ1) is 25.4. The third kappa shape index (κ3) is 3.30. The fraction of sp³-hybridized carbons (Fsp3) is 0.533. The molecule has 3 aliphatic carbocycles. The van der Waals surface area contributed by atoms with E-state index in [0.29, 0.717) is 31.3 Å². The zero-order valence-electron chi connectivity index (χ0n) is 22.2. The Balaban J connectivity index is 1.39. The van der Waals surface area contributed by atoms with Gasteiger partial charge in [0.25, 0.3) is 0 Å². The van der Waals surface area contributed by atoms with Gasteiger partial charge in [0.05, 0.1) is 29.7 Å². The van der Waals surface area contributed by atoms with E-state index in [1.54, 1.807) is 18.5 Å². The number of hydrogen-bond acceptors (Lipinski definition) is 6. The van der Waals surface area contributed by atoms with Crippen LogP contribution < -0.4 is 0 Å². The number of ether oxygens (including phenoxy) is 1. The normalized spacial score (nSPS) is 39.4. The van der Waals surface area contributed by atoms with Crippen molar-refractivity contribution in [1.29, 1.82) is 0 Å². The van der Waals surface area contributed by atoms with Crippen LogP contribution >= 0.6 is 0 Å². The zero-order chi connectivity index (χ0) is 27.5. The molecule has 39 heavy (non-hydrogen) atoms. The molecule has 2 aromatic rings. The van der Waals surface area contributed by atoms with Crippen molar-refractivity contribution in [3.8, 4) is 0 Å². The van der Waals surface area contributed by atoms with E-state index in [0.717, 1.165) is 21.9 Å². The number of hydrogen-bond donors (Lipinski definition) is 2. The monoisotopic (exact) mass is 539 g/mol. The summed E-state index contributed by atoms with van der Waals surface area (Å²) in [6.45, 7) is 1.96. The number of allylic oxidation sites excluding steroid dienone is 3. The second-order valence-corrected chi connectivity index (χ2v) is 12.5. The molecule has 206 valence electrons. The number of aliphatic hydroxyl groups is 2. The number of nitrogens with zero attached hydrogens (tertiary/aromatic N) is 3. The molecule has 0 amide bonds. The van der Waals surface area contributed by atoms with Crippen molar-refractivity contribution < 1.29 is 28.1 Å². The van der Waals surface area contributed by atoms with Crippen LogP contribution in [0.15, 0.2) is 59.5 Å². The summed E-state index contributed by atoms with van der Waals surface area (Å²) in [5.74, 6) is -0.189. The number of benzene rings is 1. The lowest BCUT2D eigenvalue weighted by Gasteiger charge is -2.57. The van der Waals surface area contributed by atoms with Gasteiger partial charge in [-0.2, -0.15) is 23.4 Å². The molecule has 3 heterocycles. The molecule has 0 radical (unpaired) electrons. The number of alkyl halides is 3. The van der Waals surface area contributed by atoms with Gasteiger partial charge in [-0.25, -0.2) is 0 Å². The van der Waals surface area contributed by atoms with Crippen molar-refractivity contribution >= 4 is 16.3 Å². The minimum Gasteiger partial charge on any atom is -0.388 e. The SMILES string of the molecule is CN(C)[C@H]1C[C@@]23CC[C@@]4(O2)C(=C(C(F)(F)F)C[C@]2(C)C(c5ccc6cnncc6c5)=CCC24)C=C3[C@@H](O)[C@@H]1O. The summed E-state index contributed by atoms with van der Waals surface area (Å²) < 4.78 is 51.6. The van der Waals surface area contributed by atoms with E-state index in [9.17, 15) is 23.4 Å². The average molecular weight is 540 g/mol. The summed E-state index contributed by atoms with van der Waals surface area (Å²) in [6.07, 6.45) is 1.89. The minimum atomic E-state index is -4.56. The maximum absolute atomic E-state index is 14.9. The van der Waals surface area contributed by atoms with Crippen LogP contribution in [0.2, 0.25) is 0 Å². The Morgan fingerprint density at radius 2 is 1.82 bits per heavy atom. The van der Waals surface area contributed by atoms with E-state index in [2.05, 4.69) is 16.3 Å². The molecule has 1 aromatic carbocycles. The van der Waals surface area contributed by atoms with E-state index in [4.69, 9.17) is 4.74 Å². The molecule has 6 nitrogen and oxygen atoms in total. The molecule has 9 heteroatoms.